The van der Waals surface area contributed by atoms with Crippen LogP contribution in [0.3, 0.4) is 0 Å². The molecule has 0 bridgehead atoms. The second-order valence-electron chi connectivity index (χ2n) is 5.08. The number of nitrogens with zero attached hydrogens (tertiary/aromatic N) is 1. The fourth-order valence-electron chi connectivity index (χ4n) is 2.38. The maximum atomic E-state index is 12.1. The molecule has 2 aliphatic heterocycles. The Kier molecular flexibility index (Phi) is 4.87. The van der Waals surface area contributed by atoms with Crippen molar-refractivity contribution < 1.29 is 14.3 Å². The summed E-state index contributed by atoms with van der Waals surface area (Å²) in [7, 11) is 0. The van der Waals surface area contributed by atoms with E-state index in [1.165, 1.54) is 0 Å². The maximum absolute atomic E-state index is 12.1. The summed E-state index contributed by atoms with van der Waals surface area (Å²) in [4.78, 5) is 15.1. The number of nitrogens with one attached hydrogen (secondary N) is 1. The molecule has 2 aliphatic rings. The van der Waals surface area contributed by atoms with Crippen molar-refractivity contribution in [1.29, 1.82) is 0 Å². The molecule has 1 aromatic rings. The molecule has 0 unspecified atom stereocenters. The van der Waals surface area contributed by atoms with Gasteiger partial charge in [0.2, 0.25) is 5.91 Å². The molecule has 0 radical (unpaired) electrons. The summed E-state index contributed by atoms with van der Waals surface area (Å²) in [6, 6.07) is 5.89. The average Bonchev–Trinajstić information content (AvgIpc) is 2.78. The van der Waals surface area contributed by atoms with Gasteiger partial charge in [0.15, 0.2) is 11.5 Å². The predicted octanol–water partition coefficient (Wildman–Crippen LogP) is 1.37. The number of amides is 1. The minimum absolute atomic E-state index is 0.202. The number of hydrogen-bond donors (Lipinski definition) is 1. The van der Waals surface area contributed by atoms with Crippen LogP contribution in [0.4, 0.5) is 0 Å². The Labute approximate surface area is 129 Å². The molecule has 114 valence electrons. The van der Waals surface area contributed by atoms with Gasteiger partial charge < -0.3 is 19.7 Å². The molecular weight excluding hydrogens is 288 g/mol. The van der Waals surface area contributed by atoms with Crippen LogP contribution in [-0.4, -0.2) is 56.0 Å². The van der Waals surface area contributed by atoms with Crippen molar-refractivity contribution in [3.05, 3.63) is 18.2 Å². The first kappa shape index (κ1) is 14.5. The van der Waals surface area contributed by atoms with Crippen molar-refractivity contribution in [3.63, 3.8) is 0 Å². The van der Waals surface area contributed by atoms with Gasteiger partial charge in [-0.15, -0.1) is 11.8 Å². The zero-order valence-electron chi connectivity index (χ0n) is 12.0. The van der Waals surface area contributed by atoms with E-state index in [1.54, 1.807) is 11.8 Å². The van der Waals surface area contributed by atoms with Crippen molar-refractivity contribution in [2.75, 3.05) is 45.1 Å². The fourth-order valence-corrected chi connectivity index (χ4v) is 3.21. The van der Waals surface area contributed by atoms with Gasteiger partial charge in [-0.3, -0.25) is 4.79 Å². The summed E-state index contributed by atoms with van der Waals surface area (Å²) in [6.07, 6.45) is 0.901. The molecule has 0 spiro atoms. The smallest absolute Gasteiger partial charge is 0.233 e. The minimum Gasteiger partial charge on any atom is -0.490 e. The highest BCUT2D eigenvalue weighted by atomic mass is 32.2. The molecule has 1 aromatic carbocycles. The number of benzene rings is 1. The predicted molar refractivity (Wildman–Crippen MR) is 82.2 cm³/mol. The third-order valence-corrected chi connectivity index (χ3v) is 4.53. The molecule has 2 heterocycles. The lowest BCUT2D eigenvalue weighted by atomic mass is 10.3. The second kappa shape index (κ2) is 7.04. The summed E-state index contributed by atoms with van der Waals surface area (Å²) in [6.45, 7) is 4.77. The largest absolute Gasteiger partial charge is 0.490 e. The van der Waals surface area contributed by atoms with Gasteiger partial charge in [0.25, 0.3) is 0 Å². The zero-order chi connectivity index (χ0) is 14.5. The van der Waals surface area contributed by atoms with Crippen molar-refractivity contribution in [2.24, 2.45) is 0 Å². The maximum Gasteiger partial charge on any atom is 0.233 e. The fraction of sp³-hybridized carbons (Fsp3) is 0.533. The average molecular weight is 308 g/mol. The Hall–Kier alpha value is -1.40. The molecule has 21 heavy (non-hydrogen) atoms. The van der Waals surface area contributed by atoms with Gasteiger partial charge >= 0.3 is 0 Å². The number of piperazine rings is 1. The standard InChI is InChI=1S/C15H20N2O3S/c18-15(17-6-4-16-5-7-17)11-21-12-2-3-13-14(10-12)20-9-1-8-19-13/h2-3,10,16H,1,4-9,11H2. The number of fused-ring (bicyclic) bond motifs is 1. The lowest BCUT2D eigenvalue weighted by molar-refractivity contribution is -0.128. The Morgan fingerprint density at radius 1 is 1.19 bits per heavy atom. The van der Waals surface area contributed by atoms with E-state index in [0.717, 1.165) is 49.0 Å². The van der Waals surface area contributed by atoms with E-state index in [9.17, 15) is 4.79 Å². The van der Waals surface area contributed by atoms with Crippen LogP contribution in [-0.2, 0) is 4.79 Å². The quantitative estimate of drug-likeness (QED) is 0.855. The molecule has 0 aromatic heterocycles. The van der Waals surface area contributed by atoms with Gasteiger partial charge in [-0.1, -0.05) is 0 Å². The Morgan fingerprint density at radius 3 is 2.76 bits per heavy atom. The van der Waals surface area contributed by atoms with E-state index in [4.69, 9.17) is 9.47 Å². The number of carbonyl (C=O) groups excluding carboxylic acids is 1. The van der Waals surface area contributed by atoms with E-state index >= 15 is 0 Å². The summed E-state index contributed by atoms with van der Waals surface area (Å²) in [5.74, 6) is 2.26. The molecule has 1 saturated heterocycles. The van der Waals surface area contributed by atoms with Gasteiger partial charge in [0, 0.05) is 37.5 Å². The van der Waals surface area contributed by atoms with Crippen LogP contribution in [0.1, 0.15) is 6.42 Å². The van der Waals surface area contributed by atoms with Gasteiger partial charge in [-0.2, -0.15) is 0 Å². The van der Waals surface area contributed by atoms with E-state index in [2.05, 4.69) is 5.32 Å². The highest BCUT2D eigenvalue weighted by molar-refractivity contribution is 8.00. The lowest BCUT2D eigenvalue weighted by Crippen LogP contribution is -2.47. The van der Waals surface area contributed by atoms with E-state index in [1.807, 2.05) is 23.1 Å². The Morgan fingerprint density at radius 2 is 1.95 bits per heavy atom. The van der Waals surface area contributed by atoms with Crippen LogP contribution in [0.15, 0.2) is 23.1 Å². The summed E-state index contributed by atoms with van der Waals surface area (Å²) in [5.41, 5.74) is 0. The van der Waals surface area contributed by atoms with Crippen molar-refractivity contribution >= 4 is 17.7 Å². The summed E-state index contributed by atoms with van der Waals surface area (Å²) >= 11 is 1.55. The molecular formula is C15H20N2O3S. The number of thioether (sulfide) groups is 1. The third-order valence-electron chi connectivity index (χ3n) is 3.55. The summed E-state index contributed by atoms with van der Waals surface area (Å²) < 4.78 is 11.3. The van der Waals surface area contributed by atoms with Crippen molar-refractivity contribution in [1.82, 2.24) is 10.2 Å². The molecule has 0 aliphatic carbocycles. The normalized spacial score (nSPS) is 18.2. The van der Waals surface area contributed by atoms with Crippen LogP contribution in [0.25, 0.3) is 0 Å². The Bertz CT molecular complexity index is 504. The molecule has 1 fully saturated rings. The third kappa shape index (κ3) is 3.83. The molecule has 6 heteroatoms. The number of carbonyl (C=O) groups is 1. The first-order valence-corrected chi connectivity index (χ1v) is 8.32. The van der Waals surface area contributed by atoms with Crippen LogP contribution < -0.4 is 14.8 Å². The molecule has 0 atom stereocenters. The molecule has 5 nitrogen and oxygen atoms in total. The molecule has 3 rings (SSSR count). The first-order chi connectivity index (χ1) is 10.3. The zero-order valence-corrected chi connectivity index (χ0v) is 12.8. The highest BCUT2D eigenvalue weighted by Crippen LogP contribution is 2.33. The lowest BCUT2D eigenvalue weighted by Gasteiger charge is -2.27. The van der Waals surface area contributed by atoms with Crippen LogP contribution in [0, 0.1) is 0 Å². The minimum atomic E-state index is 0.202. The number of rotatable bonds is 3. The van der Waals surface area contributed by atoms with Gasteiger partial charge in [0.1, 0.15) is 0 Å². The number of ether oxygens (including phenoxy) is 2. The van der Waals surface area contributed by atoms with E-state index in [0.29, 0.717) is 19.0 Å². The van der Waals surface area contributed by atoms with E-state index < -0.39 is 0 Å². The van der Waals surface area contributed by atoms with Gasteiger partial charge in [-0.25, -0.2) is 0 Å². The van der Waals surface area contributed by atoms with Crippen LogP contribution in [0.5, 0.6) is 11.5 Å². The number of hydrogen-bond acceptors (Lipinski definition) is 5. The van der Waals surface area contributed by atoms with Crippen LogP contribution >= 0.6 is 11.8 Å². The van der Waals surface area contributed by atoms with Crippen molar-refractivity contribution in [2.45, 2.75) is 11.3 Å². The molecule has 1 N–H and O–H groups in total. The SMILES string of the molecule is O=C(CSc1ccc2c(c1)OCCCO2)N1CCNCC1. The topological polar surface area (TPSA) is 50.8 Å². The summed E-state index contributed by atoms with van der Waals surface area (Å²) in [5, 5.41) is 3.25. The van der Waals surface area contributed by atoms with Crippen LogP contribution in [0.2, 0.25) is 0 Å². The molecule has 0 saturated carbocycles. The monoisotopic (exact) mass is 308 g/mol. The van der Waals surface area contributed by atoms with Gasteiger partial charge in [0.05, 0.1) is 19.0 Å². The van der Waals surface area contributed by atoms with Gasteiger partial charge in [-0.05, 0) is 18.2 Å². The molecule has 1 amide bonds. The highest BCUT2D eigenvalue weighted by Gasteiger charge is 2.17. The first-order valence-electron chi connectivity index (χ1n) is 7.34. The van der Waals surface area contributed by atoms with E-state index in [-0.39, 0.29) is 5.91 Å². The second-order valence-corrected chi connectivity index (χ2v) is 6.13. The Balaban J connectivity index is 1.57. The van der Waals surface area contributed by atoms with Crippen molar-refractivity contribution in [3.8, 4) is 11.5 Å².